The van der Waals surface area contributed by atoms with E-state index < -0.39 is 8.32 Å². The quantitative estimate of drug-likeness (QED) is 0.416. The van der Waals surface area contributed by atoms with E-state index in [1.165, 1.54) is 15.9 Å². The van der Waals surface area contributed by atoms with Crippen molar-refractivity contribution in [3.63, 3.8) is 0 Å². The van der Waals surface area contributed by atoms with E-state index in [1.807, 2.05) is 25.1 Å². The first-order valence-corrected chi connectivity index (χ1v) is 12.7. The maximum Gasteiger partial charge on any atom is 0.305 e. The van der Waals surface area contributed by atoms with Crippen molar-refractivity contribution in [2.75, 3.05) is 6.61 Å². The molecule has 0 saturated carbocycles. The molecule has 3 aromatic rings. The van der Waals surface area contributed by atoms with Gasteiger partial charge in [-0.05, 0) is 41.2 Å². The Balaban J connectivity index is 1.77. The summed E-state index contributed by atoms with van der Waals surface area (Å²) in [6.07, 6.45) is 2.15. The van der Waals surface area contributed by atoms with E-state index in [0.717, 1.165) is 12.8 Å². The van der Waals surface area contributed by atoms with Crippen LogP contribution >= 0.6 is 0 Å². The average Bonchev–Trinajstić information content (AvgIpc) is 3.20. The van der Waals surface area contributed by atoms with Crippen LogP contribution in [0.4, 0.5) is 0 Å². The van der Waals surface area contributed by atoms with Crippen molar-refractivity contribution in [2.24, 2.45) is 0 Å². The first-order chi connectivity index (χ1) is 14.7. The van der Waals surface area contributed by atoms with Crippen LogP contribution < -0.4 is 10.4 Å². The summed E-state index contributed by atoms with van der Waals surface area (Å²) in [6.45, 7) is 2.28. The minimum atomic E-state index is -2.56. The predicted molar refractivity (Wildman–Crippen MR) is 122 cm³/mol. The first-order valence-electron chi connectivity index (χ1n) is 10.7. The number of hydrogen-bond donors (Lipinski definition) is 0. The van der Waals surface area contributed by atoms with E-state index in [4.69, 9.17) is 9.16 Å². The maximum absolute atomic E-state index is 12.2. The van der Waals surface area contributed by atoms with Gasteiger partial charge < -0.3 is 9.16 Å². The number of rotatable bonds is 7. The molecule has 0 aliphatic carbocycles. The second kappa shape index (κ2) is 9.41. The second-order valence-corrected chi connectivity index (χ2v) is 11.4. The third-order valence-corrected chi connectivity index (χ3v) is 10.7. The van der Waals surface area contributed by atoms with Crippen LogP contribution in [-0.4, -0.2) is 20.9 Å². The number of benzene rings is 3. The highest BCUT2D eigenvalue weighted by molar-refractivity contribution is 6.99. The van der Waals surface area contributed by atoms with Crippen molar-refractivity contribution in [1.29, 1.82) is 0 Å². The van der Waals surface area contributed by atoms with E-state index >= 15 is 0 Å². The van der Waals surface area contributed by atoms with Crippen LogP contribution in [0.25, 0.3) is 0 Å². The molecule has 2 atom stereocenters. The molecule has 0 aromatic heterocycles. The predicted octanol–water partition coefficient (Wildman–Crippen LogP) is 4.62. The minimum absolute atomic E-state index is 0.0328. The summed E-state index contributed by atoms with van der Waals surface area (Å²) in [5, 5.41) is 2.53. The largest absolute Gasteiger partial charge is 0.466 e. The van der Waals surface area contributed by atoms with Gasteiger partial charge in [-0.1, -0.05) is 91.0 Å². The highest BCUT2D eigenvalue weighted by Crippen LogP contribution is 2.46. The molecule has 0 N–H and O–H groups in total. The van der Waals surface area contributed by atoms with Gasteiger partial charge in [0.15, 0.2) is 0 Å². The van der Waals surface area contributed by atoms with Gasteiger partial charge in [0.05, 0.1) is 12.7 Å². The van der Waals surface area contributed by atoms with E-state index in [1.54, 1.807) is 0 Å². The molecule has 1 saturated heterocycles. The summed E-state index contributed by atoms with van der Waals surface area (Å²) < 4.78 is 12.3. The number of esters is 1. The van der Waals surface area contributed by atoms with Crippen LogP contribution in [0, 0.1) is 0 Å². The van der Waals surface area contributed by atoms with E-state index in [2.05, 4.69) is 72.8 Å². The summed E-state index contributed by atoms with van der Waals surface area (Å²) in [5.74, 6) is -0.121. The zero-order chi connectivity index (χ0) is 20.8. The van der Waals surface area contributed by atoms with E-state index in [9.17, 15) is 4.79 Å². The van der Waals surface area contributed by atoms with Gasteiger partial charge in [0, 0.05) is 6.42 Å². The van der Waals surface area contributed by atoms with Crippen molar-refractivity contribution >= 4 is 24.7 Å². The third kappa shape index (κ3) is 4.11. The maximum atomic E-state index is 12.2. The number of carbonyl (C=O) groups is 1. The topological polar surface area (TPSA) is 35.5 Å². The van der Waals surface area contributed by atoms with Gasteiger partial charge in [-0.3, -0.25) is 4.79 Å². The van der Waals surface area contributed by atoms with Gasteiger partial charge in [-0.25, -0.2) is 0 Å². The molecule has 154 valence electrons. The van der Waals surface area contributed by atoms with Crippen molar-refractivity contribution in [3.05, 3.63) is 96.6 Å². The van der Waals surface area contributed by atoms with Crippen molar-refractivity contribution in [2.45, 2.75) is 37.8 Å². The Bertz CT molecular complexity index is 904. The molecule has 30 heavy (non-hydrogen) atoms. The summed E-state index contributed by atoms with van der Waals surface area (Å²) in [4.78, 5) is 12.2. The first kappa shape index (κ1) is 20.6. The average molecular weight is 417 g/mol. The van der Waals surface area contributed by atoms with Crippen LogP contribution in [0.3, 0.4) is 0 Å². The van der Waals surface area contributed by atoms with Gasteiger partial charge in [-0.15, -0.1) is 0 Å². The lowest BCUT2D eigenvalue weighted by molar-refractivity contribution is -0.143. The third-order valence-electron chi connectivity index (χ3n) is 5.98. The Morgan fingerprint density at radius 1 is 0.900 bits per heavy atom. The Kier molecular flexibility index (Phi) is 6.46. The zero-order valence-corrected chi connectivity index (χ0v) is 18.4. The van der Waals surface area contributed by atoms with Crippen molar-refractivity contribution < 1.29 is 14.0 Å². The number of hydrogen-bond acceptors (Lipinski definition) is 3. The van der Waals surface area contributed by atoms with Crippen molar-refractivity contribution in [1.82, 2.24) is 0 Å². The fraction of sp³-hybridized carbons (Fsp3) is 0.269. The molecule has 1 aliphatic heterocycles. The summed E-state index contributed by atoms with van der Waals surface area (Å²) in [7, 11) is -2.56. The van der Waals surface area contributed by atoms with E-state index in [-0.39, 0.29) is 17.6 Å². The molecule has 1 heterocycles. The summed E-state index contributed by atoms with van der Waals surface area (Å²) in [6, 6.07) is 31.7. The smallest absolute Gasteiger partial charge is 0.305 e. The van der Waals surface area contributed by atoms with Crippen LogP contribution in [0.1, 0.15) is 37.9 Å². The van der Waals surface area contributed by atoms with Gasteiger partial charge >= 0.3 is 5.97 Å². The molecule has 0 amide bonds. The molecule has 1 aliphatic rings. The molecular weight excluding hydrogens is 388 g/mol. The van der Waals surface area contributed by atoms with Crippen LogP contribution in [0.15, 0.2) is 91.0 Å². The lowest BCUT2D eigenvalue weighted by Gasteiger charge is -2.33. The Morgan fingerprint density at radius 2 is 1.43 bits per heavy atom. The zero-order valence-electron chi connectivity index (χ0n) is 17.4. The van der Waals surface area contributed by atoms with Crippen LogP contribution in [0.2, 0.25) is 5.54 Å². The Labute approximate surface area is 179 Å². The molecule has 0 bridgehead atoms. The highest BCUT2D eigenvalue weighted by atomic mass is 28.4. The Morgan fingerprint density at radius 3 is 1.97 bits per heavy atom. The molecule has 1 fully saturated rings. The molecule has 3 nitrogen and oxygen atoms in total. The highest BCUT2D eigenvalue weighted by Gasteiger charge is 2.54. The minimum Gasteiger partial charge on any atom is -0.466 e. The second-order valence-electron chi connectivity index (χ2n) is 7.76. The fourth-order valence-corrected chi connectivity index (χ4v) is 9.55. The molecule has 4 rings (SSSR count). The molecule has 4 heteroatoms. The summed E-state index contributed by atoms with van der Waals surface area (Å²) in [5.41, 5.74) is 1.50. The molecule has 3 aromatic carbocycles. The van der Waals surface area contributed by atoms with Gasteiger partial charge in [0.25, 0.3) is 8.32 Å². The standard InChI is InChI=1S/C26H28O3Si/c1-2-28-26(27)19-18-24-20-25(21-12-6-3-7-13-21)29-30(24,22-14-8-4-9-15-22)23-16-10-5-11-17-23/h3-17,24-25H,2,18-20H2,1H3/t24-,25-/m0/s1. The Hall–Kier alpha value is -2.69. The molecular formula is C26H28O3Si. The van der Waals surface area contributed by atoms with Crippen LogP contribution in [-0.2, 0) is 14.0 Å². The van der Waals surface area contributed by atoms with Gasteiger partial charge in [-0.2, -0.15) is 0 Å². The van der Waals surface area contributed by atoms with Crippen molar-refractivity contribution in [3.8, 4) is 0 Å². The van der Waals surface area contributed by atoms with Gasteiger partial charge in [0.2, 0.25) is 0 Å². The lowest BCUT2D eigenvalue weighted by Crippen LogP contribution is -2.61. The van der Waals surface area contributed by atoms with Gasteiger partial charge in [0.1, 0.15) is 0 Å². The summed E-state index contributed by atoms with van der Waals surface area (Å²) >= 11 is 0. The fourth-order valence-electron chi connectivity index (χ4n) is 4.66. The monoisotopic (exact) mass is 416 g/mol. The molecule has 0 unspecified atom stereocenters. The van der Waals surface area contributed by atoms with E-state index in [0.29, 0.717) is 13.0 Å². The lowest BCUT2D eigenvalue weighted by atomic mass is 10.0. The normalized spacial score (nSPS) is 20.0. The number of ether oxygens (including phenoxy) is 1. The SMILES string of the molecule is CCOC(=O)CC[C@H]1C[C@@H](c2ccccc2)O[Si]1(c1ccccc1)c1ccccc1. The molecule has 0 spiro atoms. The van der Waals surface area contributed by atoms with Crippen LogP contribution in [0.5, 0.6) is 0 Å². The molecule has 0 radical (unpaired) electrons. The number of carbonyl (C=O) groups excluding carboxylic acids is 1.